The van der Waals surface area contributed by atoms with Crippen LogP contribution in [-0.4, -0.2) is 47.6 Å². The molecule has 3 aromatic rings. The van der Waals surface area contributed by atoms with E-state index in [1.165, 1.54) is 0 Å². The van der Waals surface area contributed by atoms with Crippen LogP contribution in [0.1, 0.15) is 59.0 Å². The summed E-state index contributed by atoms with van der Waals surface area (Å²) >= 11 is 3.39. The highest BCUT2D eigenvalue weighted by atomic mass is 79.9. The van der Waals surface area contributed by atoms with Crippen molar-refractivity contribution in [3.05, 3.63) is 63.8 Å². The first kappa shape index (κ1) is 22.7. The molecule has 1 saturated heterocycles. The van der Waals surface area contributed by atoms with E-state index in [9.17, 15) is 9.59 Å². The van der Waals surface area contributed by atoms with Crippen molar-refractivity contribution in [2.75, 3.05) is 20.2 Å². The fourth-order valence-corrected chi connectivity index (χ4v) is 5.08. The molecule has 0 aliphatic carbocycles. The Morgan fingerprint density at radius 3 is 2.68 bits per heavy atom. The quantitative estimate of drug-likeness (QED) is 0.528. The molecule has 2 aromatic carbocycles. The number of hydrogen-bond donors (Lipinski definition) is 1. The second-order valence-corrected chi connectivity index (χ2v) is 10.0. The molecular weight excluding hydrogens is 498 g/mol. The minimum atomic E-state index is -0.811. The van der Waals surface area contributed by atoms with Gasteiger partial charge in [0.2, 0.25) is 0 Å². The third kappa shape index (κ3) is 3.90. The number of ether oxygens (including phenoxy) is 2. The number of amides is 2. The van der Waals surface area contributed by atoms with Gasteiger partial charge in [0.1, 0.15) is 17.2 Å². The van der Waals surface area contributed by atoms with Crippen molar-refractivity contribution >= 4 is 38.6 Å². The molecule has 2 amide bonds. The summed E-state index contributed by atoms with van der Waals surface area (Å²) in [5, 5.41) is 3.92. The van der Waals surface area contributed by atoms with Gasteiger partial charge in [-0.1, -0.05) is 41.9 Å². The average molecular weight is 524 g/mol. The number of pyridine rings is 1. The molecule has 0 atom stereocenters. The molecule has 2 aliphatic heterocycles. The summed E-state index contributed by atoms with van der Waals surface area (Å²) in [6.45, 7) is 5.10. The maximum absolute atomic E-state index is 13.4. The molecule has 34 heavy (non-hydrogen) atoms. The first-order valence-corrected chi connectivity index (χ1v) is 12.2. The summed E-state index contributed by atoms with van der Waals surface area (Å²) in [5.74, 6) is 1.14. The molecular formula is C26H26BrN3O4. The number of likely N-dealkylation sites (tertiary alicyclic amines) is 1. The van der Waals surface area contributed by atoms with E-state index in [1.807, 2.05) is 24.3 Å². The van der Waals surface area contributed by atoms with E-state index >= 15 is 0 Å². The Bertz CT molecular complexity index is 1300. The van der Waals surface area contributed by atoms with Crippen LogP contribution in [0.3, 0.4) is 0 Å². The van der Waals surface area contributed by atoms with Crippen LogP contribution in [0.2, 0.25) is 0 Å². The van der Waals surface area contributed by atoms with Crippen LogP contribution in [0.4, 0.5) is 0 Å². The first-order chi connectivity index (χ1) is 16.3. The molecule has 1 aromatic heterocycles. The van der Waals surface area contributed by atoms with E-state index in [2.05, 4.69) is 35.1 Å². The second-order valence-electron chi connectivity index (χ2n) is 9.09. The summed E-state index contributed by atoms with van der Waals surface area (Å²) in [4.78, 5) is 32.7. The highest BCUT2D eigenvalue weighted by Crippen LogP contribution is 2.36. The number of rotatable bonds is 3. The summed E-state index contributed by atoms with van der Waals surface area (Å²) in [7, 11) is 1.61. The molecule has 0 unspecified atom stereocenters. The lowest BCUT2D eigenvalue weighted by Gasteiger charge is -2.44. The smallest absolute Gasteiger partial charge is 0.272 e. The molecule has 0 radical (unpaired) electrons. The number of methoxy groups -OCH3 is 1. The van der Waals surface area contributed by atoms with Crippen molar-refractivity contribution in [3.8, 4) is 11.5 Å². The zero-order valence-electron chi connectivity index (χ0n) is 19.4. The largest absolute Gasteiger partial charge is 0.496 e. The van der Waals surface area contributed by atoms with Crippen molar-refractivity contribution in [2.45, 2.75) is 38.3 Å². The van der Waals surface area contributed by atoms with Crippen LogP contribution in [-0.2, 0) is 0 Å². The SMILES string of the molecule is COc1cc(C(=O)N2CCC3(CC2)NC(=O)c2cc(Br)ccc2O3)nc2c(C(C)C)cccc12. The third-order valence-electron chi connectivity index (χ3n) is 6.59. The monoisotopic (exact) mass is 523 g/mol. The van der Waals surface area contributed by atoms with Crippen molar-refractivity contribution < 1.29 is 19.1 Å². The maximum Gasteiger partial charge on any atom is 0.272 e. The lowest BCUT2D eigenvalue weighted by Crippen LogP contribution is -2.61. The van der Waals surface area contributed by atoms with E-state index in [0.29, 0.717) is 48.7 Å². The Balaban J connectivity index is 1.39. The zero-order chi connectivity index (χ0) is 24.0. The lowest BCUT2D eigenvalue weighted by atomic mass is 9.96. The van der Waals surface area contributed by atoms with Crippen LogP contribution >= 0.6 is 15.9 Å². The fraction of sp³-hybridized carbons (Fsp3) is 0.346. The second kappa shape index (κ2) is 8.58. The van der Waals surface area contributed by atoms with Crippen LogP contribution in [0.5, 0.6) is 11.5 Å². The van der Waals surface area contributed by atoms with Crippen LogP contribution in [0, 0.1) is 0 Å². The molecule has 7 nitrogen and oxygen atoms in total. The van der Waals surface area contributed by atoms with Gasteiger partial charge in [0.25, 0.3) is 11.8 Å². The number of hydrogen-bond acceptors (Lipinski definition) is 5. The van der Waals surface area contributed by atoms with Gasteiger partial charge in [0.05, 0.1) is 18.2 Å². The van der Waals surface area contributed by atoms with E-state index in [-0.39, 0.29) is 17.7 Å². The first-order valence-electron chi connectivity index (χ1n) is 11.4. The Hall–Kier alpha value is -3.13. The number of aromatic nitrogens is 1. The molecule has 0 saturated carbocycles. The molecule has 2 aliphatic rings. The number of para-hydroxylation sites is 1. The van der Waals surface area contributed by atoms with Gasteiger partial charge in [-0.05, 0) is 35.7 Å². The summed E-state index contributed by atoms with van der Waals surface area (Å²) < 4.78 is 12.7. The molecule has 3 heterocycles. The number of carbonyl (C=O) groups excluding carboxylic acids is 2. The van der Waals surface area contributed by atoms with Crippen molar-refractivity contribution in [1.82, 2.24) is 15.2 Å². The van der Waals surface area contributed by atoms with Crippen molar-refractivity contribution in [3.63, 3.8) is 0 Å². The predicted octanol–water partition coefficient (Wildman–Crippen LogP) is 4.88. The predicted molar refractivity (Wildman–Crippen MR) is 132 cm³/mol. The fourth-order valence-electron chi connectivity index (χ4n) is 4.72. The summed E-state index contributed by atoms with van der Waals surface area (Å²) in [6.07, 6.45) is 0.976. The number of piperidine rings is 1. The number of halogens is 1. The molecule has 1 fully saturated rings. The Morgan fingerprint density at radius 1 is 1.21 bits per heavy atom. The molecule has 0 bridgehead atoms. The topological polar surface area (TPSA) is 80.8 Å². The number of nitrogens with one attached hydrogen (secondary N) is 1. The average Bonchev–Trinajstić information content (AvgIpc) is 2.83. The summed E-state index contributed by atoms with van der Waals surface area (Å²) in [5.41, 5.74) is 1.92. The minimum Gasteiger partial charge on any atom is -0.496 e. The number of nitrogens with zero attached hydrogens (tertiary/aromatic N) is 2. The Kier molecular flexibility index (Phi) is 5.72. The van der Waals surface area contributed by atoms with Crippen LogP contribution in [0.15, 0.2) is 46.9 Å². The number of carbonyl (C=O) groups is 2. The maximum atomic E-state index is 13.4. The number of benzene rings is 2. The van der Waals surface area contributed by atoms with Crippen LogP contribution < -0.4 is 14.8 Å². The minimum absolute atomic E-state index is 0.153. The molecule has 1 spiro atoms. The van der Waals surface area contributed by atoms with Gasteiger partial charge in [-0.3, -0.25) is 9.59 Å². The van der Waals surface area contributed by atoms with Gasteiger partial charge in [-0.25, -0.2) is 4.98 Å². The molecule has 1 N–H and O–H groups in total. The Labute approximate surface area is 206 Å². The summed E-state index contributed by atoms with van der Waals surface area (Å²) in [6, 6.07) is 13.1. The normalized spacial score (nSPS) is 16.9. The third-order valence-corrected chi connectivity index (χ3v) is 7.08. The lowest BCUT2D eigenvalue weighted by molar-refractivity contribution is -0.0246. The van der Waals surface area contributed by atoms with Gasteiger partial charge in [-0.15, -0.1) is 0 Å². The number of fused-ring (bicyclic) bond motifs is 2. The van der Waals surface area contributed by atoms with Crippen molar-refractivity contribution in [2.24, 2.45) is 0 Å². The van der Waals surface area contributed by atoms with Gasteiger partial charge in [0.15, 0.2) is 5.72 Å². The van der Waals surface area contributed by atoms with E-state index in [1.54, 1.807) is 30.2 Å². The highest BCUT2D eigenvalue weighted by molar-refractivity contribution is 9.10. The van der Waals surface area contributed by atoms with Gasteiger partial charge >= 0.3 is 0 Å². The zero-order valence-corrected chi connectivity index (χ0v) is 20.9. The van der Waals surface area contributed by atoms with Gasteiger partial charge in [-0.2, -0.15) is 0 Å². The van der Waals surface area contributed by atoms with Crippen LogP contribution in [0.25, 0.3) is 10.9 Å². The van der Waals surface area contributed by atoms with E-state index in [0.717, 1.165) is 20.9 Å². The van der Waals surface area contributed by atoms with E-state index < -0.39 is 5.72 Å². The molecule has 8 heteroatoms. The van der Waals surface area contributed by atoms with Gasteiger partial charge in [0, 0.05) is 41.9 Å². The molecule has 5 rings (SSSR count). The van der Waals surface area contributed by atoms with Crippen molar-refractivity contribution in [1.29, 1.82) is 0 Å². The van der Waals surface area contributed by atoms with E-state index in [4.69, 9.17) is 14.5 Å². The standard InChI is InChI=1S/C26H26BrN3O4/c1-15(2)17-5-4-6-18-22(33-3)14-20(28-23(17)18)25(32)30-11-9-26(10-12-30)29-24(31)19-13-16(27)7-8-21(19)34-26/h4-8,13-15H,9-12H2,1-3H3,(H,29,31). The highest BCUT2D eigenvalue weighted by Gasteiger charge is 2.43. The Morgan fingerprint density at radius 2 is 1.97 bits per heavy atom. The van der Waals surface area contributed by atoms with Gasteiger partial charge < -0.3 is 19.7 Å². The molecule has 176 valence electrons.